The van der Waals surface area contributed by atoms with Gasteiger partial charge in [0.15, 0.2) is 11.6 Å². The summed E-state index contributed by atoms with van der Waals surface area (Å²) in [6.45, 7) is 1.84. The fourth-order valence-corrected chi connectivity index (χ4v) is 4.72. The fourth-order valence-electron chi connectivity index (χ4n) is 4.72. The predicted octanol–water partition coefficient (Wildman–Crippen LogP) is 3.81. The lowest BCUT2D eigenvalue weighted by atomic mass is 9.76. The maximum absolute atomic E-state index is 13.9. The predicted molar refractivity (Wildman–Crippen MR) is 110 cm³/mol. The summed E-state index contributed by atoms with van der Waals surface area (Å²) in [6, 6.07) is 5.21. The first-order valence-corrected chi connectivity index (χ1v) is 10.8. The summed E-state index contributed by atoms with van der Waals surface area (Å²) in [5.41, 5.74) is 6.31. The van der Waals surface area contributed by atoms with E-state index >= 15 is 0 Å². The van der Waals surface area contributed by atoms with Crippen molar-refractivity contribution in [1.82, 2.24) is 15.6 Å². The van der Waals surface area contributed by atoms with Crippen LogP contribution >= 0.6 is 0 Å². The number of nitrogens with two attached hydrogens (primary N) is 1. The van der Waals surface area contributed by atoms with Gasteiger partial charge >= 0.3 is 0 Å². The van der Waals surface area contributed by atoms with E-state index in [0.717, 1.165) is 5.69 Å². The summed E-state index contributed by atoms with van der Waals surface area (Å²) in [6.07, 6.45) is 0.135. The molecule has 0 radical (unpaired) electrons. The van der Waals surface area contributed by atoms with Crippen molar-refractivity contribution < 1.29 is 17.6 Å². The summed E-state index contributed by atoms with van der Waals surface area (Å²) in [4.78, 5) is 13.8. The first kappa shape index (κ1) is 21.8. The van der Waals surface area contributed by atoms with Gasteiger partial charge in [-0.05, 0) is 44.7 Å². The highest BCUT2D eigenvalue weighted by atomic mass is 19.3. The molecule has 0 amide bonds. The molecule has 6 nitrogen and oxygen atoms in total. The van der Waals surface area contributed by atoms with Gasteiger partial charge in [-0.3, -0.25) is 10.3 Å². The van der Waals surface area contributed by atoms with E-state index in [0.29, 0.717) is 11.7 Å². The van der Waals surface area contributed by atoms with Crippen molar-refractivity contribution in [1.29, 1.82) is 0 Å². The number of guanidine groups is 2. The Bertz CT molecular complexity index is 866. The molecule has 1 aliphatic heterocycles. The molecule has 31 heavy (non-hydrogen) atoms. The van der Waals surface area contributed by atoms with Gasteiger partial charge in [-0.2, -0.15) is 0 Å². The van der Waals surface area contributed by atoms with Crippen LogP contribution in [0.4, 0.5) is 17.6 Å². The highest BCUT2D eigenvalue weighted by molar-refractivity contribution is 6.00. The molecule has 2 aliphatic carbocycles. The van der Waals surface area contributed by atoms with E-state index in [2.05, 4.69) is 25.6 Å². The molecule has 0 saturated heterocycles. The van der Waals surface area contributed by atoms with Crippen molar-refractivity contribution in [3.63, 3.8) is 0 Å². The average Bonchev–Trinajstić information content (AvgIpc) is 2.69. The van der Waals surface area contributed by atoms with Gasteiger partial charge in [-0.25, -0.2) is 27.5 Å². The van der Waals surface area contributed by atoms with Crippen LogP contribution in [0.15, 0.2) is 28.2 Å². The second-order valence-corrected chi connectivity index (χ2v) is 8.87. The van der Waals surface area contributed by atoms with Crippen LogP contribution in [-0.2, 0) is 5.66 Å². The third-order valence-electron chi connectivity index (χ3n) is 6.44. The molecular formula is C21H28F4N6. The lowest BCUT2D eigenvalue weighted by Gasteiger charge is -2.44. The number of nitrogens with zero attached hydrogens (tertiary/aromatic N) is 3. The SMILES string of the molecule is Cc1cccc(C2(C3CCC(F)(F)CC3)N=C(N)NC(=NC3CCC(F)(F)CC3)N2)n1. The Morgan fingerprint density at radius 3 is 2.23 bits per heavy atom. The van der Waals surface area contributed by atoms with E-state index in [4.69, 9.17) is 5.73 Å². The number of alkyl halides is 4. The molecule has 170 valence electrons. The number of rotatable bonds is 3. The van der Waals surface area contributed by atoms with E-state index in [9.17, 15) is 17.6 Å². The van der Waals surface area contributed by atoms with Crippen LogP contribution in [0.25, 0.3) is 0 Å². The Morgan fingerprint density at radius 2 is 1.61 bits per heavy atom. The van der Waals surface area contributed by atoms with Gasteiger partial charge in [-0.1, -0.05) is 6.07 Å². The molecule has 0 bridgehead atoms. The molecule has 1 aromatic heterocycles. The number of nitrogens with one attached hydrogen (secondary N) is 2. The zero-order chi connectivity index (χ0) is 22.3. The minimum absolute atomic E-state index is 0.0966. The van der Waals surface area contributed by atoms with Crippen LogP contribution in [0.2, 0.25) is 0 Å². The second-order valence-electron chi connectivity index (χ2n) is 8.87. The average molecular weight is 440 g/mol. The van der Waals surface area contributed by atoms with Crippen molar-refractivity contribution in [2.75, 3.05) is 0 Å². The van der Waals surface area contributed by atoms with Crippen LogP contribution in [0.1, 0.15) is 62.8 Å². The summed E-state index contributed by atoms with van der Waals surface area (Å²) in [5.74, 6) is -5.19. The number of hydrogen-bond acceptors (Lipinski definition) is 4. The molecule has 4 N–H and O–H groups in total. The molecular weight excluding hydrogens is 412 g/mol. The molecule has 0 aromatic carbocycles. The Labute approximate surface area is 178 Å². The van der Waals surface area contributed by atoms with E-state index in [-0.39, 0.29) is 69.3 Å². The second kappa shape index (κ2) is 7.94. The quantitative estimate of drug-likeness (QED) is 0.624. The van der Waals surface area contributed by atoms with Gasteiger partial charge in [-0.15, -0.1) is 0 Å². The van der Waals surface area contributed by atoms with Crippen molar-refractivity contribution in [2.24, 2.45) is 21.6 Å². The van der Waals surface area contributed by atoms with Gasteiger partial charge in [0.05, 0.1) is 11.7 Å². The van der Waals surface area contributed by atoms with Crippen LogP contribution < -0.4 is 16.4 Å². The lowest BCUT2D eigenvalue weighted by molar-refractivity contribution is -0.0569. The van der Waals surface area contributed by atoms with Crippen LogP contribution in [0.5, 0.6) is 0 Å². The van der Waals surface area contributed by atoms with Crippen LogP contribution in [-0.4, -0.2) is 34.8 Å². The van der Waals surface area contributed by atoms with E-state index in [1.54, 1.807) is 6.07 Å². The van der Waals surface area contributed by atoms with Crippen molar-refractivity contribution in [2.45, 2.75) is 81.8 Å². The Kier molecular flexibility index (Phi) is 5.59. The topological polar surface area (TPSA) is 87.7 Å². The summed E-state index contributed by atoms with van der Waals surface area (Å²) in [7, 11) is 0. The number of pyridine rings is 1. The lowest BCUT2D eigenvalue weighted by Crippen LogP contribution is -2.62. The maximum atomic E-state index is 13.9. The largest absolute Gasteiger partial charge is 0.370 e. The Balaban J connectivity index is 1.67. The van der Waals surface area contributed by atoms with Crippen LogP contribution in [0, 0.1) is 12.8 Å². The van der Waals surface area contributed by atoms with Gasteiger partial charge < -0.3 is 11.1 Å². The van der Waals surface area contributed by atoms with Crippen LogP contribution in [0.3, 0.4) is 0 Å². The molecule has 10 heteroatoms. The van der Waals surface area contributed by atoms with Gasteiger partial charge in [0.1, 0.15) is 0 Å². The molecule has 2 fully saturated rings. The number of aliphatic imine (C=N–C) groups is 2. The summed E-state index contributed by atoms with van der Waals surface area (Å²) < 4.78 is 54.8. The zero-order valence-electron chi connectivity index (χ0n) is 17.5. The molecule has 2 saturated carbocycles. The number of aromatic nitrogens is 1. The van der Waals surface area contributed by atoms with E-state index in [1.165, 1.54) is 0 Å². The first-order valence-electron chi connectivity index (χ1n) is 10.8. The summed E-state index contributed by atoms with van der Waals surface area (Å²) >= 11 is 0. The van der Waals surface area contributed by atoms with Gasteiger partial charge in [0.2, 0.25) is 17.8 Å². The van der Waals surface area contributed by atoms with E-state index < -0.39 is 17.5 Å². The standard InChI is InChI=1S/C21H28F4N6/c1-13-3-2-4-16(27-13)21(14-5-9-19(22,23)10-6-14)30-17(26)29-18(31-21)28-15-7-11-20(24,25)12-8-15/h2-4,14-15H,5-12H2,1H3,(H4,26,28,29,30,31). The number of aryl methyl sites for hydroxylation is 1. The van der Waals surface area contributed by atoms with Crippen molar-refractivity contribution in [3.05, 3.63) is 29.6 Å². The zero-order valence-corrected chi connectivity index (χ0v) is 17.5. The smallest absolute Gasteiger partial charge is 0.248 e. The molecule has 1 aromatic rings. The van der Waals surface area contributed by atoms with Gasteiger partial charge in [0, 0.05) is 37.3 Å². The molecule has 4 rings (SSSR count). The minimum Gasteiger partial charge on any atom is -0.370 e. The third-order valence-corrected chi connectivity index (χ3v) is 6.44. The normalized spacial score (nSPS) is 30.4. The molecule has 3 aliphatic rings. The molecule has 1 unspecified atom stereocenters. The first-order chi connectivity index (χ1) is 14.6. The number of halogens is 4. The molecule has 0 spiro atoms. The fraction of sp³-hybridized carbons (Fsp3) is 0.667. The highest BCUT2D eigenvalue weighted by Crippen LogP contribution is 2.45. The maximum Gasteiger partial charge on any atom is 0.248 e. The minimum atomic E-state index is -2.69. The Hall–Kier alpha value is -2.39. The third kappa shape index (κ3) is 4.77. The Morgan fingerprint density at radius 1 is 1.00 bits per heavy atom. The number of hydrogen-bond donors (Lipinski definition) is 3. The van der Waals surface area contributed by atoms with Crippen molar-refractivity contribution in [3.8, 4) is 0 Å². The monoisotopic (exact) mass is 440 g/mol. The van der Waals surface area contributed by atoms with Crippen molar-refractivity contribution >= 4 is 11.9 Å². The molecule has 1 atom stereocenters. The van der Waals surface area contributed by atoms with E-state index in [1.807, 2.05) is 19.1 Å². The highest BCUT2D eigenvalue weighted by Gasteiger charge is 2.49. The summed E-state index contributed by atoms with van der Waals surface area (Å²) in [5, 5.41) is 6.16. The van der Waals surface area contributed by atoms with Gasteiger partial charge in [0.25, 0.3) is 0 Å². The molecule has 2 heterocycles.